The van der Waals surface area contributed by atoms with Gasteiger partial charge in [-0.05, 0) is 29.2 Å². The molecule has 0 aliphatic heterocycles. The second kappa shape index (κ2) is 18.4. The Labute approximate surface area is 160 Å². The SMILES string of the molecule is CC.CC.CC.CC.Cc1ccc2cccc(C(S)C(C)C)c2c1.[HH]. The lowest BCUT2D eigenvalue weighted by Gasteiger charge is -2.17. The van der Waals surface area contributed by atoms with Crippen molar-refractivity contribution in [1.29, 1.82) is 0 Å². The predicted octanol–water partition coefficient (Wildman–Crippen LogP) is 9.13. The molecule has 0 aromatic heterocycles. The Balaban J connectivity index is -0.000000217. The molecule has 0 amide bonds. The number of rotatable bonds is 2. The van der Waals surface area contributed by atoms with Crippen LogP contribution >= 0.6 is 12.6 Å². The van der Waals surface area contributed by atoms with Gasteiger partial charge < -0.3 is 0 Å². The van der Waals surface area contributed by atoms with E-state index in [1.165, 1.54) is 21.9 Å². The van der Waals surface area contributed by atoms with Gasteiger partial charge in [0.25, 0.3) is 0 Å². The molecule has 2 rings (SSSR count). The van der Waals surface area contributed by atoms with Crippen molar-refractivity contribution in [2.45, 2.75) is 81.4 Å². The third kappa shape index (κ3) is 9.37. The van der Waals surface area contributed by atoms with Crippen LogP contribution in [0.1, 0.15) is 87.0 Å². The number of hydrogen-bond donors (Lipinski definition) is 1. The summed E-state index contributed by atoms with van der Waals surface area (Å²) in [5, 5.41) is 2.96. The van der Waals surface area contributed by atoms with E-state index in [0.29, 0.717) is 11.2 Å². The normalized spacial score (nSPS) is 9.88. The maximum Gasteiger partial charge on any atom is 0.0296 e. The molecule has 0 aliphatic carbocycles. The van der Waals surface area contributed by atoms with Gasteiger partial charge in [0.05, 0.1) is 0 Å². The van der Waals surface area contributed by atoms with Crippen LogP contribution in [0.2, 0.25) is 0 Å². The van der Waals surface area contributed by atoms with Crippen LogP contribution in [-0.2, 0) is 0 Å². The molecule has 142 valence electrons. The molecule has 24 heavy (non-hydrogen) atoms. The van der Waals surface area contributed by atoms with Gasteiger partial charge in [0.15, 0.2) is 0 Å². The van der Waals surface area contributed by atoms with E-state index in [9.17, 15) is 0 Å². The van der Waals surface area contributed by atoms with Gasteiger partial charge in [-0.1, -0.05) is 111 Å². The smallest absolute Gasteiger partial charge is 0.0296 e. The zero-order chi connectivity index (χ0) is 19.7. The van der Waals surface area contributed by atoms with E-state index in [1.54, 1.807) is 0 Å². The Hall–Kier alpha value is -0.950. The maximum absolute atomic E-state index is 4.72. The van der Waals surface area contributed by atoms with E-state index in [-0.39, 0.29) is 1.43 Å². The van der Waals surface area contributed by atoms with Gasteiger partial charge in [0, 0.05) is 6.68 Å². The molecule has 0 aliphatic rings. The summed E-state index contributed by atoms with van der Waals surface area (Å²) in [6.45, 7) is 22.6. The summed E-state index contributed by atoms with van der Waals surface area (Å²) >= 11 is 4.72. The van der Waals surface area contributed by atoms with Crippen LogP contribution in [0.4, 0.5) is 0 Å². The topological polar surface area (TPSA) is 0 Å². The van der Waals surface area contributed by atoms with Gasteiger partial charge in [-0.15, -0.1) is 0 Å². The lowest BCUT2D eigenvalue weighted by molar-refractivity contribution is 0.638. The summed E-state index contributed by atoms with van der Waals surface area (Å²) in [7, 11) is 0. The van der Waals surface area contributed by atoms with Crippen molar-refractivity contribution in [3.8, 4) is 0 Å². The van der Waals surface area contributed by atoms with E-state index >= 15 is 0 Å². The van der Waals surface area contributed by atoms with Crippen LogP contribution < -0.4 is 0 Å². The second-order valence-electron chi connectivity index (χ2n) is 4.76. The molecule has 1 unspecified atom stereocenters. The largest absolute Gasteiger partial charge is 0.171 e. The van der Waals surface area contributed by atoms with Crippen molar-refractivity contribution in [1.82, 2.24) is 0 Å². The van der Waals surface area contributed by atoms with E-state index in [1.807, 2.05) is 55.4 Å². The summed E-state index contributed by atoms with van der Waals surface area (Å²) in [5.41, 5.74) is 2.66. The molecule has 0 saturated heterocycles. The maximum atomic E-state index is 4.72. The van der Waals surface area contributed by atoms with Crippen molar-refractivity contribution in [3.05, 3.63) is 47.5 Å². The average Bonchev–Trinajstić information content (AvgIpc) is 2.67. The Morgan fingerprint density at radius 3 is 1.75 bits per heavy atom. The number of fused-ring (bicyclic) bond motifs is 1. The minimum absolute atomic E-state index is 0. The van der Waals surface area contributed by atoms with Crippen LogP contribution in [0, 0.1) is 12.8 Å². The first-order valence-corrected chi connectivity index (χ1v) is 10.3. The molecular weight excluding hydrogens is 308 g/mol. The monoisotopic (exact) mass is 352 g/mol. The minimum Gasteiger partial charge on any atom is -0.171 e. The Bertz CT molecular complexity index is 506. The molecule has 0 fully saturated rings. The first-order chi connectivity index (χ1) is 11.6. The molecule has 0 spiro atoms. The summed E-state index contributed by atoms with van der Waals surface area (Å²) in [5.74, 6) is 0.550. The van der Waals surface area contributed by atoms with Gasteiger partial charge >= 0.3 is 0 Å². The molecule has 2 aromatic carbocycles. The second-order valence-corrected chi connectivity index (χ2v) is 5.32. The van der Waals surface area contributed by atoms with Crippen LogP contribution in [-0.4, -0.2) is 0 Å². The van der Waals surface area contributed by atoms with Crippen LogP contribution in [0.5, 0.6) is 0 Å². The van der Waals surface area contributed by atoms with Gasteiger partial charge in [0.1, 0.15) is 0 Å². The average molecular weight is 353 g/mol. The molecule has 1 heteroatoms. The first kappa shape index (κ1) is 27.9. The lowest BCUT2D eigenvalue weighted by atomic mass is 9.95. The summed E-state index contributed by atoms with van der Waals surface area (Å²) < 4.78 is 0. The summed E-state index contributed by atoms with van der Waals surface area (Å²) in [4.78, 5) is 0. The fraction of sp³-hybridized carbons (Fsp3) is 0.565. The van der Waals surface area contributed by atoms with Crippen molar-refractivity contribution in [3.63, 3.8) is 0 Å². The number of aryl methyl sites for hydroxylation is 1. The Morgan fingerprint density at radius 2 is 1.29 bits per heavy atom. The minimum atomic E-state index is 0. The van der Waals surface area contributed by atoms with Crippen LogP contribution in [0.3, 0.4) is 0 Å². The Morgan fingerprint density at radius 1 is 0.792 bits per heavy atom. The highest BCUT2D eigenvalue weighted by molar-refractivity contribution is 7.80. The number of hydrogen-bond acceptors (Lipinski definition) is 1. The molecule has 1 atom stereocenters. The van der Waals surface area contributed by atoms with Crippen molar-refractivity contribution in [2.75, 3.05) is 0 Å². The van der Waals surface area contributed by atoms with Crippen LogP contribution in [0.15, 0.2) is 36.4 Å². The van der Waals surface area contributed by atoms with Gasteiger partial charge in [-0.25, -0.2) is 0 Å². The molecular formula is C23H44S. The molecule has 0 radical (unpaired) electrons. The Kier molecular flexibility index (Phi) is 21.4. The zero-order valence-electron chi connectivity index (χ0n) is 18.1. The van der Waals surface area contributed by atoms with Gasteiger partial charge in [-0.2, -0.15) is 12.6 Å². The van der Waals surface area contributed by atoms with Crippen molar-refractivity contribution in [2.24, 2.45) is 5.92 Å². The van der Waals surface area contributed by atoms with Crippen LogP contribution in [0.25, 0.3) is 10.8 Å². The lowest BCUT2D eigenvalue weighted by Crippen LogP contribution is -2.00. The van der Waals surface area contributed by atoms with Crippen molar-refractivity contribution >= 4 is 23.4 Å². The third-order valence-corrected chi connectivity index (χ3v) is 3.90. The highest BCUT2D eigenvalue weighted by Gasteiger charge is 2.13. The predicted molar refractivity (Wildman–Crippen MR) is 123 cm³/mol. The molecule has 0 heterocycles. The highest BCUT2D eigenvalue weighted by atomic mass is 32.1. The molecule has 0 bridgehead atoms. The summed E-state index contributed by atoms with van der Waals surface area (Å²) in [6, 6.07) is 13.1. The first-order valence-electron chi connectivity index (χ1n) is 9.77. The zero-order valence-corrected chi connectivity index (χ0v) is 19.0. The summed E-state index contributed by atoms with van der Waals surface area (Å²) in [6.07, 6.45) is 0. The number of benzene rings is 2. The highest BCUT2D eigenvalue weighted by Crippen LogP contribution is 2.33. The third-order valence-electron chi connectivity index (χ3n) is 3.02. The quantitative estimate of drug-likeness (QED) is 0.512. The molecule has 0 N–H and O–H groups in total. The molecule has 0 saturated carbocycles. The van der Waals surface area contributed by atoms with Crippen molar-refractivity contribution < 1.29 is 1.43 Å². The fourth-order valence-electron chi connectivity index (χ4n) is 2.03. The molecule has 0 nitrogen and oxygen atoms in total. The fourth-order valence-corrected chi connectivity index (χ4v) is 2.25. The number of thiol groups is 1. The standard InChI is InChI=1S/C15H18S.4C2H6.H2/c1-10(2)15(16)13-6-4-5-12-8-7-11(3)9-14(12)13;4*1-2;/h4-10,15-16H,1-3H3;4*1-2H3;1H. The van der Waals surface area contributed by atoms with E-state index in [2.05, 4.69) is 57.2 Å². The van der Waals surface area contributed by atoms with E-state index in [0.717, 1.165) is 0 Å². The van der Waals surface area contributed by atoms with Gasteiger partial charge in [0.2, 0.25) is 0 Å². The van der Waals surface area contributed by atoms with E-state index < -0.39 is 0 Å². The van der Waals surface area contributed by atoms with E-state index in [4.69, 9.17) is 12.6 Å². The molecule has 2 aromatic rings. The van der Waals surface area contributed by atoms with Gasteiger partial charge in [-0.3, -0.25) is 0 Å².